The van der Waals surface area contributed by atoms with Gasteiger partial charge in [0, 0.05) is 0 Å². The number of esters is 1. The second kappa shape index (κ2) is 18.6. The number of ether oxygens (including phenoxy) is 3. The molecule has 206 valence electrons. The van der Waals surface area contributed by atoms with Crippen LogP contribution in [0.5, 0.6) is 17.2 Å². The van der Waals surface area contributed by atoms with Gasteiger partial charge in [0.25, 0.3) is 0 Å². The van der Waals surface area contributed by atoms with Gasteiger partial charge in [-0.2, -0.15) is 8.78 Å². The third kappa shape index (κ3) is 12.0. The van der Waals surface area contributed by atoms with Crippen LogP contribution < -0.4 is 14.2 Å². The van der Waals surface area contributed by atoms with Crippen LogP contribution in [-0.4, -0.2) is 19.2 Å². The first-order valence-corrected chi connectivity index (χ1v) is 14.1. The van der Waals surface area contributed by atoms with E-state index in [9.17, 15) is 13.6 Å². The lowest BCUT2D eigenvalue weighted by molar-refractivity contribution is 0.0726. The van der Waals surface area contributed by atoms with Gasteiger partial charge in [0.2, 0.25) is 11.6 Å². The summed E-state index contributed by atoms with van der Waals surface area (Å²) in [5, 5.41) is 0. The summed E-state index contributed by atoms with van der Waals surface area (Å²) in [5.74, 6) is -3.15. The number of unbranched alkanes of at least 4 members (excludes halogenated alkanes) is 12. The second-order valence-electron chi connectivity index (χ2n) is 9.54. The van der Waals surface area contributed by atoms with E-state index in [1.54, 1.807) is 24.3 Å². The average molecular weight is 519 g/mol. The van der Waals surface area contributed by atoms with Gasteiger partial charge >= 0.3 is 5.97 Å². The fraction of sp³-hybridized carbons (Fsp3) is 0.581. The predicted octanol–water partition coefficient (Wildman–Crippen LogP) is 9.44. The highest BCUT2D eigenvalue weighted by Gasteiger charge is 2.19. The van der Waals surface area contributed by atoms with Crippen molar-refractivity contribution >= 4 is 5.97 Å². The summed E-state index contributed by atoms with van der Waals surface area (Å²) in [6.45, 7) is 5.32. The third-order valence-corrected chi connectivity index (χ3v) is 6.33. The smallest absolute Gasteiger partial charge is 0.343 e. The Morgan fingerprint density at radius 2 is 1.05 bits per heavy atom. The van der Waals surface area contributed by atoms with Crippen molar-refractivity contribution in [3.05, 3.63) is 53.6 Å². The number of hydrogen-bond acceptors (Lipinski definition) is 4. The van der Waals surface area contributed by atoms with Crippen molar-refractivity contribution in [2.24, 2.45) is 0 Å². The fourth-order valence-electron chi connectivity index (χ4n) is 4.04. The standard InChI is InChI=1S/C31H44F2O4/c1-3-5-7-9-11-12-14-15-23-35-26-19-17-25(18-20-26)31(34)37-28-22-21-27(29(32)30(28)33)36-24-16-13-10-8-6-4-2/h17-22H,3-16,23-24H2,1-2H3. The van der Waals surface area contributed by atoms with Crippen LogP contribution in [0, 0.1) is 11.6 Å². The van der Waals surface area contributed by atoms with E-state index in [0.717, 1.165) is 32.1 Å². The van der Waals surface area contributed by atoms with E-state index in [2.05, 4.69) is 13.8 Å². The summed E-state index contributed by atoms with van der Waals surface area (Å²) in [4.78, 5) is 12.4. The van der Waals surface area contributed by atoms with Gasteiger partial charge in [-0.15, -0.1) is 0 Å². The molecule has 0 bridgehead atoms. The Labute approximate surface area is 221 Å². The molecule has 0 aliphatic carbocycles. The molecule has 0 heterocycles. The van der Waals surface area contributed by atoms with Crippen molar-refractivity contribution in [1.29, 1.82) is 0 Å². The molecule has 0 N–H and O–H groups in total. The molecule has 6 heteroatoms. The SMILES string of the molecule is CCCCCCCCCCOc1ccc(C(=O)Oc2ccc(OCCCCCCCC)c(F)c2F)cc1. The molecule has 37 heavy (non-hydrogen) atoms. The summed E-state index contributed by atoms with van der Waals surface area (Å²) < 4.78 is 45.1. The van der Waals surface area contributed by atoms with Crippen molar-refractivity contribution in [1.82, 2.24) is 0 Å². The average Bonchev–Trinajstić information content (AvgIpc) is 2.91. The molecule has 0 aliphatic heterocycles. The number of carbonyl (C=O) groups excluding carboxylic acids is 1. The second-order valence-corrected chi connectivity index (χ2v) is 9.54. The maximum Gasteiger partial charge on any atom is 0.343 e. The number of rotatable bonds is 20. The molecule has 2 aromatic carbocycles. The maximum atomic E-state index is 14.5. The summed E-state index contributed by atoms with van der Waals surface area (Å²) in [7, 11) is 0. The van der Waals surface area contributed by atoms with Gasteiger partial charge in [-0.3, -0.25) is 0 Å². The number of benzene rings is 2. The Bertz CT molecular complexity index is 899. The summed E-state index contributed by atoms with van der Waals surface area (Å²) in [5.41, 5.74) is 0.225. The first-order chi connectivity index (χ1) is 18.1. The molecule has 2 rings (SSSR count). The number of carbonyl (C=O) groups is 1. The largest absolute Gasteiger partial charge is 0.494 e. The van der Waals surface area contributed by atoms with Crippen LogP contribution in [0.3, 0.4) is 0 Å². The molecule has 2 aromatic rings. The molecule has 0 aliphatic rings. The number of hydrogen-bond donors (Lipinski definition) is 0. The monoisotopic (exact) mass is 518 g/mol. The van der Waals surface area contributed by atoms with Gasteiger partial charge in [0.15, 0.2) is 11.5 Å². The third-order valence-electron chi connectivity index (χ3n) is 6.33. The zero-order valence-electron chi connectivity index (χ0n) is 22.7. The van der Waals surface area contributed by atoms with E-state index in [1.807, 2.05) is 0 Å². The quantitative estimate of drug-likeness (QED) is 0.0995. The van der Waals surface area contributed by atoms with E-state index in [4.69, 9.17) is 14.2 Å². The Kier molecular flexibility index (Phi) is 15.4. The summed E-state index contributed by atoms with van der Waals surface area (Å²) >= 11 is 0. The van der Waals surface area contributed by atoms with Crippen LogP contribution in [0.15, 0.2) is 36.4 Å². The summed E-state index contributed by atoms with van der Waals surface area (Å²) in [6.07, 6.45) is 16.3. The minimum absolute atomic E-state index is 0.177. The fourth-order valence-corrected chi connectivity index (χ4v) is 4.04. The first kappa shape index (κ1) is 30.6. The molecular weight excluding hydrogens is 474 g/mol. The van der Waals surface area contributed by atoms with Gasteiger partial charge in [-0.25, -0.2) is 4.79 Å². The number of halogens is 2. The van der Waals surface area contributed by atoms with Crippen molar-refractivity contribution in [3.63, 3.8) is 0 Å². The minimum Gasteiger partial charge on any atom is -0.494 e. The Balaban J connectivity index is 1.73. The van der Waals surface area contributed by atoms with E-state index in [0.29, 0.717) is 19.0 Å². The molecule has 0 amide bonds. The van der Waals surface area contributed by atoms with Crippen LogP contribution >= 0.6 is 0 Å². The lowest BCUT2D eigenvalue weighted by atomic mass is 10.1. The van der Waals surface area contributed by atoms with E-state index in [1.165, 1.54) is 69.9 Å². The van der Waals surface area contributed by atoms with Gasteiger partial charge in [0.05, 0.1) is 18.8 Å². The van der Waals surface area contributed by atoms with E-state index >= 15 is 0 Å². The van der Waals surface area contributed by atoms with Gasteiger partial charge in [0.1, 0.15) is 5.75 Å². The first-order valence-electron chi connectivity index (χ1n) is 14.1. The Hall–Kier alpha value is -2.63. The van der Waals surface area contributed by atoms with Crippen LogP contribution in [0.2, 0.25) is 0 Å². The zero-order chi connectivity index (χ0) is 26.7. The molecule has 0 spiro atoms. The molecule has 0 saturated carbocycles. The maximum absolute atomic E-state index is 14.5. The molecule has 0 fully saturated rings. The normalized spacial score (nSPS) is 10.9. The highest BCUT2D eigenvalue weighted by atomic mass is 19.2. The predicted molar refractivity (Wildman–Crippen MR) is 145 cm³/mol. The van der Waals surface area contributed by atoms with Gasteiger partial charge in [-0.05, 0) is 49.2 Å². The topological polar surface area (TPSA) is 44.8 Å². The van der Waals surface area contributed by atoms with Crippen molar-refractivity contribution in [2.75, 3.05) is 13.2 Å². The molecular formula is C31H44F2O4. The van der Waals surface area contributed by atoms with Crippen LogP contribution in [0.1, 0.15) is 114 Å². The van der Waals surface area contributed by atoms with Crippen molar-refractivity contribution < 1.29 is 27.8 Å². The Morgan fingerprint density at radius 3 is 1.62 bits per heavy atom. The van der Waals surface area contributed by atoms with Gasteiger partial charge < -0.3 is 14.2 Å². The van der Waals surface area contributed by atoms with E-state index in [-0.39, 0.29) is 11.3 Å². The molecule has 0 atom stereocenters. The van der Waals surface area contributed by atoms with Crippen molar-refractivity contribution in [2.45, 2.75) is 104 Å². The Morgan fingerprint density at radius 1 is 0.595 bits per heavy atom. The molecule has 0 aromatic heterocycles. The van der Waals surface area contributed by atoms with Crippen molar-refractivity contribution in [3.8, 4) is 17.2 Å². The lowest BCUT2D eigenvalue weighted by Gasteiger charge is -2.11. The highest BCUT2D eigenvalue weighted by molar-refractivity contribution is 5.91. The molecule has 0 radical (unpaired) electrons. The van der Waals surface area contributed by atoms with Crippen LogP contribution in [0.4, 0.5) is 8.78 Å². The molecule has 0 saturated heterocycles. The van der Waals surface area contributed by atoms with Gasteiger partial charge in [-0.1, -0.05) is 90.9 Å². The van der Waals surface area contributed by atoms with E-state index < -0.39 is 23.4 Å². The molecule has 4 nitrogen and oxygen atoms in total. The minimum atomic E-state index is -1.24. The lowest BCUT2D eigenvalue weighted by Crippen LogP contribution is -2.10. The highest BCUT2D eigenvalue weighted by Crippen LogP contribution is 2.28. The summed E-state index contributed by atoms with van der Waals surface area (Å²) in [6, 6.07) is 8.97. The van der Waals surface area contributed by atoms with Crippen LogP contribution in [-0.2, 0) is 0 Å². The van der Waals surface area contributed by atoms with Crippen LogP contribution in [0.25, 0.3) is 0 Å². The molecule has 0 unspecified atom stereocenters. The zero-order valence-corrected chi connectivity index (χ0v) is 22.7.